The molecule has 0 aliphatic heterocycles. The van der Waals surface area contributed by atoms with Crippen LogP contribution in [-0.4, -0.2) is 24.1 Å². The van der Waals surface area contributed by atoms with Crippen molar-refractivity contribution in [1.29, 1.82) is 0 Å². The number of esters is 1. The summed E-state index contributed by atoms with van der Waals surface area (Å²) in [6.07, 6.45) is -5.60. The first-order valence-electron chi connectivity index (χ1n) is 8.52. The number of nitrogens with one attached hydrogen (secondary N) is 1. The topological polar surface area (TPSA) is 64.6 Å². The van der Waals surface area contributed by atoms with E-state index in [4.69, 9.17) is 9.47 Å². The number of anilines is 1. The molecular formula is C20H20F3NO4. The van der Waals surface area contributed by atoms with Crippen molar-refractivity contribution >= 4 is 17.6 Å². The van der Waals surface area contributed by atoms with Gasteiger partial charge in [-0.15, -0.1) is 0 Å². The second-order valence-corrected chi connectivity index (χ2v) is 6.30. The lowest BCUT2D eigenvalue weighted by Crippen LogP contribution is -2.30. The minimum atomic E-state index is -4.46. The second kappa shape index (κ2) is 8.77. The molecule has 2 aromatic rings. The van der Waals surface area contributed by atoms with E-state index in [1.165, 1.54) is 19.1 Å². The van der Waals surface area contributed by atoms with E-state index in [0.29, 0.717) is 5.75 Å². The quantitative estimate of drug-likeness (QED) is 0.722. The monoisotopic (exact) mass is 395 g/mol. The second-order valence-electron chi connectivity index (χ2n) is 6.30. The fourth-order valence-corrected chi connectivity index (χ4v) is 2.21. The van der Waals surface area contributed by atoms with Gasteiger partial charge in [0, 0.05) is 5.69 Å². The number of hydrogen-bond donors (Lipinski definition) is 1. The number of halogens is 3. The molecule has 0 bridgehead atoms. The molecular weight excluding hydrogens is 375 g/mol. The van der Waals surface area contributed by atoms with Crippen LogP contribution in [0.15, 0.2) is 48.5 Å². The molecule has 2 aromatic carbocycles. The number of rotatable bonds is 6. The summed E-state index contributed by atoms with van der Waals surface area (Å²) in [6, 6.07) is 10.2. The number of benzene rings is 2. The smallest absolute Gasteiger partial charge is 0.416 e. The summed E-state index contributed by atoms with van der Waals surface area (Å²) < 4.78 is 48.2. The summed E-state index contributed by atoms with van der Waals surface area (Å²) in [5.41, 5.74) is -0.420. The van der Waals surface area contributed by atoms with Crippen LogP contribution in [0.2, 0.25) is 0 Å². The van der Waals surface area contributed by atoms with Gasteiger partial charge in [0.15, 0.2) is 6.10 Å². The largest absolute Gasteiger partial charge is 0.491 e. The molecule has 0 saturated heterocycles. The Morgan fingerprint density at radius 3 is 2.00 bits per heavy atom. The first kappa shape index (κ1) is 21.3. The fraction of sp³-hybridized carbons (Fsp3) is 0.300. The number of carbonyl (C=O) groups is 2. The van der Waals surface area contributed by atoms with E-state index in [9.17, 15) is 22.8 Å². The van der Waals surface area contributed by atoms with Gasteiger partial charge in [0.2, 0.25) is 0 Å². The standard InChI is InChI=1S/C20H20F3NO4/c1-12(2)27-17-10-4-14(5-11-17)19(26)28-13(3)18(25)24-16-8-6-15(7-9-16)20(21,22)23/h4-13H,1-3H3,(H,24,25)/t13-/m1/s1. The minimum absolute atomic E-state index is 0.00767. The van der Waals surface area contributed by atoms with Crippen molar-refractivity contribution in [3.05, 3.63) is 59.7 Å². The maximum atomic E-state index is 12.5. The highest BCUT2D eigenvalue weighted by Crippen LogP contribution is 2.29. The highest BCUT2D eigenvalue weighted by atomic mass is 19.4. The van der Waals surface area contributed by atoms with Gasteiger partial charge in [-0.05, 0) is 69.3 Å². The number of carbonyl (C=O) groups excluding carboxylic acids is 2. The normalized spacial score (nSPS) is 12.4. The Kier molecular flexibility index (Phi) is 6.66. The molecule has 1 atom stereocenters. The third-order valence-corrected chi connectivity index (χ3v) is 3.59. The van der Waals surface area contributed by atoms with E-state index in [1.54, 1.807) is 12.1 Å². The predicted octanol–water partition coefficient (Wildman–Crippen LogP) is 4.68. The Labute approximate surface area is 160 Å². The molecule has 2 rings (SSSR count). The van der Waals surface area contributed by atoms with Gasteiger partial charge in [0.1, 0.15) is 5.75 Å². The molecule has 0 aliphatic rings. The summed E-state index contributed by atoms with van der Waals surface area (Å²) in [4.78, 5) is 24.2. The molecule has 1 N–H and O–H groups in total. The molecule has 0 unspecified atom stereocenters. The summed E-state index contributed by atoms with van der Waals surface area (Å²) in [5, 5.41) is 2.40. The molecule has 0 spiro atoms. The molecule has 0 aliphatic carbocycles. The van der Waals surface area contributed by atoms with Crippen molar-refractivity contribution in [2.45, 2.75) is 39.2 Å². The van der Waals surface area contributed by atoms with E-state index in [1.807, 2.05) is 13.8 Å². The number of hydrogen-bond acceptors (Lipinski definition) is 4. The summed E-state index contributed by atoms with van der Waals surface area (Å²) >= 11 is 0. The zero-order chi connectivity index (χ0) is 20.9. The van der Waals surface area contributed by atoms with Crippen LogP contribution >= 0.6 is 0 Å². The molecule has 28 heavy (non-hydrogen) atoms. The first-order chi connectivity index (χ1) is 13.1. The van der Waals surface area contributed by atoms with Crippen LogP contribution in [-0.2, 0) is 15.7 Å². The Balaban J connectivity index is 1.93. The fourth-order valence-electron chi connectivity index (χ4n) is 2.21. The predicted molar refractivity (Wildman–Crippen MR) is 97.2 cm³/mol. The Morgan fingerprint density at radius 1 is 0.929 bits per heavy atom. The van der Waals surface area contributed by atoms with Gasteiger partial charge >= 0.3 is 12.1 Å². The molecule has 8 heteroatoms. The van der Waals surface area contributed by atoms with Crippen molar-refractivity contribution in [1.82, 2.24) is 0 Å². The van der Waals surface area contributed by atoms with Crippen molar-refractivity contribution in [2.75, 3.05) is 5.32 Å². The molecule has 5 nitrogen and oxygen atoms in total. The maximum Gasteiger partial charge on any atom is 0.416 e. The van der Waals surface area contributed by atoms with Crippen LogP contribution in [0.25, 0.3) is 0 Å². The maximum absolute atomic E-state index is 12.5. The molecule has 1 amide bonds. The molecule has 0 radical (unpaired) electrons. The molecule has 150 valence electrons. The van der Waals surface area contributed by atoms with Gasteiger partial charge in [-0.1, -0.05) is 0 Å². The SMILES string of the molecule is CC(C)Oc1ccc(C(=O)O[C@H](C)C(=O)Nc2ccc(C(F)(F)F)cc2)cc1. The lowest BCUT2D eigenvalue weighted by atomic mass is 10.2. The summed E-state index contributed by atoms with van der Waals surface area (Å²) in [6.45, 7) is 5.12. The van der Waals surface area contributed by atoms with E-state index < -0.39 is 29.7 Å². The Morgan fingerprint density at radius 2 is 1.50 bits per heavy atom. The van der Waals surface area contributed by atoms with E-state index in [2.05, 4.69) is 5.32 Å². The van der Waals surface area contributed by atoms with Gasteiger partial charge < -0.3 is 14.8 Å². The van der Waals surface area contributed by atoms with E-state index >= 15 is 0 Å². The van der Waals surface area contributed by atoms with Gasteiger partial charge in [-0.25, -0.2) is 4.79 Å². The zero-order valence-corrected chi connectivity index (χ0v) is 15.5. The number of alkyl halides is 3. The minimum Gasteiger partial charge on any atom is -0.491 e. The van der Waals surface area contributed by atoms with Crippen LogP contribution in [0, 0.1) is 0 Å². The Hall–Kier alpha value is -3.03. The highest BCUT2D eigenvalue weighted by Gasteiger charge is 2.30. The molecule has 0 aromatic heterocycles. The third kappa shape index (κ3) is 6.00. The van der Waals surface area contributed by atoms with Crippen LogP contribution in [0.3, 0.4) is 0 Å². The van der Waals surface area contributed by atoms with Gasteiger partial charge in [0.25, 0.3) is 5.91 Å². The van der Waals surface area contributed by atoms with Gasteiger partial charge in [0.05, 0.1) is 17.2 Å². The van der Waals surface area contributed by atoms with Crippen molar-refractivity contribution in [2.24, 2.45) is 0 Å². The van der Waals surface area contributed by atoms with Crippen molar-refractivity contribution in [3.63, 3.8) is 0 Å². The lowest BCUT2D eigenvalue weighted by Gasteiger charge is -2.14. The van der Waals surface area contributed by atoms with Crippen LogP contribution in [0.1, 0.15) is 36.7 Å². The van der Waals surface area contributed by atoms with Crippen LogP contribution in [0.5, 0.6) is 5.75 Å². The zero-order valence-electron chi connectivity index (χ0n) is 15.5. The highest BCUT2D eigenvalue weighted by molar-refractivity contribution is 5.97. The Bertz CT molecular complexity index is 815. The van der Waals surface area contributed by atoms with E-state index in [0.717, 1.165) is 24.3 Å². The average molecular weight is 395 g/mol. The van der Waals surface area contributed by atoms with Gasteiger partial charge in [-0.2, -0.15) is 13.2 Å². The first-order valence-corrected chi connectivity index (χ1v) is 8.52. The molecule has 0 saturated carbocycles. The van der Waals surface area contributed by atoms with E-state index in [-0.39, 0.29) is 17.4 Å². The van der Waals surface area contributed by atoms with Crippen molar-refractivity contribution in [3.8, 4) is 5.75 Å². The number of amides is 1. The number of ether oxygens (including phenoxy) is 2. The van der Waals surface area contributed by atoms with Crippen molar-refractivity contribution < 1.29 is 32.2 Å². The third-order valence-electron chi connectivity index (χ3n) is 3.59. The van der Waals surface area contributed by atoms with Gasteiger partial charge in [-0.3, -0.25) is 4.79 Å². The lowest BCUT2D eigenvalue weighted by molar-refractivity contribution is -0.137. The van der Waals surface area contributed by atoms with Crippen LogP contribution in [0.4, 0.5) is 18.9 Å². The molecule has 0 heterocycles. The average Bonchev–Trinajstić information content (AvgIpc) is 2.61. The van der Waals surface area contributed by atoms with Crippen LogP contribution < -0.4 is 10.1 Å². The summed E-state index contributed by atoms with van der Waals surface area (Å²) in [5.74, 6) is -0.765. The summed E-state index contributed by atoms with van der Waals surface area (Å²) in [7, 11) is 0. The molecule has 0 fully saturated rings.